The monoisotopic (exact) mass is 362 g/mol. The quantitative estimate of drug-likeness (QED) is 0.884. The number of nitrogens with zero attached hydrogens (tertiary/aromatic N) is 3. The summed E-state index contributed by atoms with van der Waals surface area (Å²) in [7, 11) is 0. The van der Waals surface area contributed by atoms with Crippen molar-refractivity contribution in [3.05, 3.63) is 18.5 Å². The zero-order valence-electron chi connectivity index (χ0n) is 14.5. The molecule has 1 atom stereocenters. The summed E-state index contributed by atoms with van der Waals surface area (Å²) < 4.78 is 6.19. The van der Waals surface area contributed by atoms with Crippen molar-refractivity contribution < 1.29 is 9.53 Å². The lowest BCUT2D eigenvalue weighted by Crippen LogP contribution is -2.67. The number of carbonyl (C=O) groups excluding carboxylic acids is 1. The molecule has 136 valence electrons. The van der Waals surface area contributed by atoms with Gasteiger partial charge in [-0.1, -0.05) is 0 Å². The highest BCUT2D eigenvalue weighted by atomic mass is 32.2. The minimum Gasteiger partial charge on any atom is -0.371 e. The van der Waals surface area contributed by atoms with E-state index in [-0.39, 0.29) is 11.5 Å². The summed E-state index contributed by atoms with van der Waals surface area (Å²) in [6, 6.07) is 1.81. The van der Waals surface area contributed by atoms with Crippen molar-refractivity contribution in [2.45, 2.75) is 31.3 Å². The van der Waals surface area contributed by atoms with E-state index in [1.54, 1.807) is 12.4 Å². The summed E-state index contributed by atoms with van der Waals surface area (Å²) in [6.07, 6.45) is 7.74. The first kappa shape index (κ1) is 17.1. The van der Waals surface area contributed by atoms with E-state index in [2.05, 4.69) is 15.3 Å². The Labute approximate surface area is 153 Å². The molecule has 0 aromatic carbocycles. The van der Waals surface area contributed by atoms with Crippen LogP contribution in [-0.4, -0.2) is 64.1 Å². The number of nitrogens with one attached hydrogen (secondary N) is 1. The Morgan fingerprint density at radius 3 is 2.72 bits per heavy atom. The van der Waals surface area contributed by atoms with E-state index < -0.39 is 0 Å². The van der Waals surface area contributed by atoms with Gasteiger partial charge in [0.25, 0.3) is 0 Å². The van der Waals surface area contributed by atoms with E-state index in [0.717, 1.165) is 63.4 Å². The van der Waals surface area contributed by atoms with E-state index in [0.29, 0.717) is 17.8 Å². The number of thioether (sulfide) groups is 1. The number of likely N-dealkylation sites (tertiary alicyclic amines) is 1. The second-order valence-electron chi connectivity index (χ2n) is 7.43. The minimum atomic E-state index is -0.0706. The Morgan fingerprint density at radius 2 is 2.04 bits per heavy atom. The average Bonchev–Trinajstić information content (AvgIpc) is 2.66. The lowest BCUT2D eigenvalue weighted by atomic mass is 9.82. The van der Waals surface area contributed by atoms with Gasteiger partial charge in [-0.2, -0.15) is 11.8 Å². The number of carbonyl (C=O) groups is 1. The molecule has 3 fully saturated rings. The van der Waals surface area contributed by atoms with Crippen molar-refractivity contribution in [1.29, 1.82) is 0 Å². The second-order valence-corrected chi connectivity index (χ2v) is 8.66. The van der Waals surface area contributed by atoms with Crippen molar-refractivity contribution in [2.75, 3.05) is 43.1 Å². The normalized spacial score (nSPS) is 26.2. The molecule has 1 N–H and O–H groups in total. The van der Waals surface area contributed by atoms with E-state index in [1.165, 1.54) is 0 Å². The lowest BCUT2D eigenvalue weighted by Gasteiger charge is -2.53. The molecule has 0 bridgehead atoms. The maximum Gasteiger partial charge on any atom is 0.225 e. The number of aromatic nitrogens is 2. The van der Waals surface area contributed by atoms with Crippen molar-refractivity contribution in [3.8, 4) is 0 Å². The van der Waals surface area contributed by atoms with Crippen LogP contribution < -0.4 is 5.32 Å². The van der Waals surface area contributed by atoms with Crippen molar-refractivity contribution >= 4 is 23.6 Å². The summed E-state index contributed by atoms with van der Waals surface area (Å²) in [5, 5.41) is 3.28. The van der Waals surface area contributed by atoms with Crippen molar-refractivity contribution in [1.82, 2.24) is 14.9 Å². The molecule has 0 radical (unpaired) electrons. The van der Waals surface area contributed by atoms with Gasteiger partial charge in [0.1, 0.15) is 5.60 Å². The fourth-order valence-electron chi connectivity index (χ4n) is 3.96. The Bertz CT molecular complexity index is 578. The van der Waals surface area contributed by atoms with Crippen LogP contribution in [0.2, 0.25) is 0 Å². The summed E-state index contributed by atoms with van der Waals surface area (Å²) >= 11 is 1.97. The van der Waals surface area contributed by atoms with Crippen LogP contribution in [0.5, 0.6) is 0 Å². The zero-order valence-corrected chi connectivity index (χ0v) is 15.3. The molecule has 1 amide bonds. The molecule has 1 aromatic heterocycles. The standard InChI is InChI=1S/C18H26N4O2S/c23-16(15-3-8-25-9-4-15)22-12-18(13-22)5-2-14(11-24-18)10-21-17-19-6-1-7-20-17/h1,6-7,14-15H,2-5,8-13H2,(H,19,20,21)/t14-/m1/s1. The Kier molecular flexibility index (Phi) is 5.12. The molecule has 3 saturated heterocycles. The van der Waals surface area contributed by atoms with Gasteiger partial charge in [-0.3, -0.25) is 4.79 Å². The molecule has 1 aromatic rings. The van der Waals surface area contributed by atoms with Crippen LogP contribution in [0.15, 0.2) is 18.5 Å². The van der Waals surface area contributed by atoms with E-state index in [4.69, 9.17) is 4.74 Å². The van der Waals surface area contributed by atoms with Crippen LogP contribution >= 0.6 is 11.8 Å². The molecule has 4 rings (SSSR count). The van der Waals surface area contributed by atoms with Crippen LogP contribution in [0.3, 0.4) is 0 Å². The molecule has 1 spiro atoms. The fraction of sp³-hybridized carbons (Fsp3) is 0.722. The topological polar surface area (TPSA) is 67.4 Å². The molecule has 6 nitrogen and oxygen atoms in total. The van der Waals surface area contributed by atoms with Gasteiger partial charge in [0.15, 0.2) is 0 Å². The second kappa shape index (κ2) is 7.50. The molecule has 3 aliphatic rings. The van der Waals surface area contributed by atoms with Crippen LogP contribution in [0.4, 0.5) is 5.95 Å². The summed E-state index contributed by atoms with van der Waals surface area (Å²) in [6.45, 7) is 3.17. The molecule has 0 saturated carbocycles. The third-order valence-corrected chi connectivity index (χ3v) is 6.64. The molecule has 25 heavy (non-hydrogen) atoms. The lowest BCUT2D eigenvalue weighted by molar-refractivity contribution is -0.190. The van der Waals surface area contributed by atoms with Gasteiger partial charge >= 0.3 is 0 Å². The zero-order chi connectivity index (χ0) is 17.1. The molecule has 3 aliphatic heterocycles. The van der Waals surface area contributed by atoms with Crippen molar-refractivity contribution in [2.24, 2.45) is 11.8 Å². The van der Waals surface area contributed by atoms with Gasteiger partial charge in [0, 0.05) is 24.9 Å². The van der Waals surface area contributed by atoms with Crippen LogP contribution in [0, 0.1) is 11.8 Å². The summed E-state index contributed by atoms with van der Waals surface area (Å²) in [5.74, 6) is 4.03. The third-order valence-electron chi connectivity index (χ3n) is 5.59. The Hall–Kier alpha value is -1.34. The Balaban J connectivity index is 1.20. The van der Waals surface area contributed by atoms with Crippen LogP contribution in [0.25, 0.3) is 0 Å². The maximum absolute atomic E-state index is 12.6. The minimum absolute atomic E-state index is 0.0706. The highest BCUT2D eigenvalue weighted by Crippen LogP contribution is 2.37. The first-order valence-electron chi connectivity index (χ1n) is 9.25. The number of anilines is 1. The van der Waals surface area contributed by atoms with E-state index in [9.17, 15) is 4.79 Å². The van der Waals surface area contributed by atoms with Gasteiger partial charge < -0.3 is 15.0 Å². The molecule has 0 unspecified atom stereocenters. The molecule has 4 heterocycles. The molecular weight excluding hydrogens is 336 g/mol. The number of ether oxygens (including phenoxy) is 1. The maximum atomic E-state index is 12.6. The number of amides is 1. The van der Waals surface area contributed by atoms with Crippen LogP contribution in [-0.2, 0) is 9.53 Å². The highest BCUT2D eigenvalue weighted by Gasteiger charge is 2.49. The Morgan fingerprint density at radius 1 is 1.28 bits per heavy atom. The number of hydrogen-bond donors (Lipinski definition) is 1. The van der Waals surface area contributed by atoms with Crippen LogP contribution in [0.1, 0.15) is 25.7 Å². The predicted octanol–water partition coefficient (Wildman–Crippen LogP) is 2.04. The summed E-state index contributed by atoms with van der Waals surface area (Å²) in [4.78, 5) is 23.0. The van der Waals surface area contributed by atoms with Gasteiger partial charge in [0.05, 0.1) is 19.7 Å². The molecule has 0 aliphatic carbocycles. The number of rotatable bonds is 4. The van der Waals surface area contributed by atoms with Gasteiger partial charge in [0.2, 0.25) is 11.9 Å². The fourth-order valence-corrected chi connectivity index (χ4v) is 5.07. The predicted molar refractivity (Wildman–Crippen MR) is 98.6 cm³/mol. The van der Waals surface area contributed by atoms with Crippen molar-refractivity contribution in [3.63, 3.8) is 0 Å². The number of hydrogen-bond acceptors (Lipinski definition) is 6. The van der Waals surface area contributed by atoms with Gasteiger partial charge in [-0.25, -0.2) is 9.97 Å². The third kappa shape index (κ3) is 3.92. The largest absolute Gasteiger partial charge is 0.371 e. The average molecular weight is 362 g/mol. The highest BCUT2D eigenvalue weighted by molar-refractivity contribution is 7.99. The first-order valence-corrected chi connectivity index (χ1v) is 10.4. The molecular formula is C18H26N4O2S. The van der Waals surface area contributed by atoms with Gasteiger partial charge in [-0.05, 0) is 49.2 Å². The van der Waals surface area contributed by atoms with E-state index >= 15 is 0 Å². The van der Waals surface area contributed by atoms with Gasteiger partial charge in [-0.15, -0.1) is 0 Å². The van der Waals surface area contributed by atoms with E-state index in [1.807, 2.05) is 22.7 Å². The SMILES string of the molecule is O=C(C1CCSCC1)N1CC2(CC[C@H](CNc3ncccn3)CO2)C1. The smallest absolute Gasteiger partial charge is 0.225 e. The summed E-state index contributed by atoms with van der Waals surface area (Å²) in [5.41, 5.74) is -0.0706. The first-order chi connectivity index (χ1) is 12.2. The molecule has 7 heteroatoms.